The van der Waals surface area contributed by atoms with Crippen molar-refractivity contribution >= 4 is 10.8 Å². The zero-order valence-electron chi connectivity index (χ0n) is 12.0. The van der Waals surface area contributed by atoms with Gasteiger partial charge in [-0.1, -0.05) is 39.0 Å². The van der Waals surface area contributed by atoms with Crippen LogP contribution < -0.4 is 5.32 Å². The Morgan fingerprint density at radius 3 is 2.50 bits per heavy atom. The van der Waals surface area contributed by atoms with Gasteiger partial charge in [0.15, 0.2) is 0 Å². The molecule has 2 aliphatic rings. The van der Waals surface area contributed by atoms with E-state index in [4.69, 9.17) is 0 Å². The third-order valence-corrected chi connectivity index (χ3v) is 7.08. The summed E-state index contributed by atoms with van der Waals surface area (Å²) in [5, 5.41) is 4.32. The zero-order chi connectivity index (χ0) is 13.0. The largest absolute Gasteiger partial charge is 0.316 e. The van der Waals surface area contributed by atoms with Crippen LogP contribution in [0, 0.1) is 5.92 Å². The highest BCUT2D eigenvalue weighted by atomic mass is 32.2. The standard InChI is InChI=1S/C15H29NOS/c1-12-7-6-8-13(11-12)18(17)15-10-5-3-4-9-14(15)16-2/h12-16H,3-11H2,1-2H3. The Labute approximate surface area is 115 Å². The molecule has 0 saturated heterocycles. The molecule has 5 atom stereocenters. The molecule has 2 rings (SSSR count). The van der Waals surface area contributed by atoms with Crippen LogP contribution >= 0.6 is 0 Å². The Kier molecular flexibility index (Phi) is 5.68. The molecular weight excluding hydrogens is 242 g/mol. The molecule has 0 radical (unpaired) electrons. The van der Waals surface area contributed by atoms with E-state index in [1.807, 2.05) is 7.05 Å². The minimum atomic E-state index is -0.617. The normalized spacial score (nSPS) is 40.1. The van der Waals surface area contributed by atoms with Crippen molar-refractivity contribution in [3.05, 3.63) is 0 Å². The molecule has 18 heavy (non-hydrogen) atoms. The van der Waals surface area contributed by atoms with Crippen molar-refractivity contribution in [3.63, 3.8) is 0 Å². The van der Waals surface area contributed by atoms with E-state index in [0.717, 1.165) is 5.92 Å². The van der Waals surface area contributed by atoms with E-state index < -0.39 is 10.8 Å². The van der Waals surface area contributed by atoms with Gasteiger partial charge in [-0.15, -0.1) is 0 Å². The van der Waals surface area contributed by atoms with Gasteiger partial charge in [-0.05, 0) is 38.6 Å². The molecule has 2 fully saturated rings. The van der Waals surface area contributed by atoms with Gasteiger partial charge in [0.25, 0.3) is 0 Å². The number of hydrogen-bond donors (Lipinski definition) is 1. The third-order valence-electron chi connectivity index (χ3n) is 4.84. The van der Waals surface area contributed by atoms with Crippen LogP contribution in [0.4, 0.5) is 0 Å². The topological polar surface area (TPSA) is 29.1 Å². The molecule has 0 aromatic heterocycles. The molecule has 0 amide bonds. The van der Waals surface area contributed by atoms with Crippen molar-refractivity contribution in [1.29, 1.82) is 0 Å². The number of nitrogens with one attached hydrogen (secondary N) is 1. The molecule has 0 aromatic carbocycles. The molecule has 1 N–H and O–H groups in total. The lowest BCUT2D eigenvalue weighted by Crippen LogP contribution is -2.43. The summed E-state index contributed by atoms with van der Waals surface area (Å²) in [6.45, 7) is 2.33. The lowest BCUT2D eigenvalue weighted by molar-refractivity contribution is 0.385. The predicted molar refractivity (Wildman–Crippen MR) is 79.3 cm³/mol. The summed E-state index contributed by atoms with van der Waals surface area (Å²) in [5.41, 5.74) is 0. The molecule has 3 heteroatoms. The summed E-state index contributed by atoms with van der Waals surface area (Å²) in [5.74, 6) is 0.784. The lowest BCUT2D eigenvalue weighted by atomic mass is 9.90. The average Bonchev–Trinajstić information content (AvgIpc) is 2.62. The smallest absolute Gasteiger partial charge is 0.0503 e. The SMILES string of the molecule is CNC1CCCCCC1S(=O)C1CCCC(C)C1. The van der Waals surface area contributed by atoms with Crippen LogP contribution in [-0.4, -0.2) is 27.8 Å². The van der Waals surface area contributed by atoms with Crippen molar-refractivity contribution in [2.45, 2.75) is 81.3 Å². The molecule has 0 bridgehead atoms. The third kappa shape index (κ3) is 3.57. The maximum Gasteiger partial charge on any atom is 0.0503 e. The minimum Gasteiger partial charge on any atom is -0.316 e. The molecule has 2 aliphatic carbocycles. The van der Waals surface area contributed by atoms with Crippen molar-refractivity contribution in [2.75, 3.05) is 7.05 Å². The maximum absolute atomic E-state index is 12.9. The summed E-state index contributed by atoms with van der Waals surface area (Å²) in [6, 6.07) is 0.491. The van der Waals surface area contributed by atoms with E-state index in [0.29, 0.717) is 16.5 Å². The summed E-state index contributed by atoms with van der Waals surface area (Å²) in [4.78, 5) is 0. The van der Waals surface area contributed by atoms with E-state index in [1.165, 1.54) is 57.8 Å². The van der Waals surface area contributed by atoms with Crippen LogP contribution in [0.2, 0.25) is 0 Å². The first kappa shape index (κ1) is 14.5. The molecular formula is C15H29NOS. The van der Waals surface area contributed by atoms with E-state index in [1.54, 1.807) is 0 Å². The van der Waals surface area contributed by atoms with Gasteiger partial charge in [-0.2, -0.15) is 0 Å². The van der Waals surface area contributed by atoms with Gasteiger partial charge in [0, 0.05) is 22.1 Å². The van der Waals surface area contributed by atoms with Crippen molar-refractivity contribution in [1.82, 2.24) is 5.32 Å². The van der Waals surface area contributed by atoms with Crippen LogP contribution in [0.5, 0.6) is 0 Å². The Balaban J connectivity index is 2.00. The second-order valence-corrected chi connectivity index (χ2v) is 8.22. The van der Waals surface area contributed by atoms with Crippen LogP contribution in [0.25, 0.3) is 0 Å². The highest BCUT2D eigenvalue weighted by Gasteiger charge is 2.33. The van der Waals surface area contributed by atoms with Gasteiger partial charge in [-0.25, -0.2) is 0 Å². The Bertz CT molecular complexity index is 282. The monoisotopic (exact) mass is 271 g/mol. The highest BCUT2D eigenvalue weighted by Crippen LogP contribution is 2.32. The number of hydrogen-bond acceptors (Lipinski definition) is 2. The fourth-order valence-electron chi connectivity index (χ4n) is 3.72. The fraction of sp³-hybridized carbons (Fsp3) is 1.00. The molecule has 5 unspecified atom stereocenters. The minimum absolute atomic E-state index is 0.410. The first-order chi connectivity index (χ1) is 8.72. The first-order valence-corrected chi connectivity index (χ1v) is 9.06. The highest BCUT2D eigenvalue weighted by molar-refractivity contribution is 7.86. The van der Waals surface area contributed by atoms with Crippen LogP contribution in [0.1, 0.15) is 64.7 Å². The van der Waals surface area contributed by atoms with Gasteiger partial charge in [0.2, 0.25) is 0 Å². The van der Waals surface area contributed by atoms with Gasteiger partial charge in [0.1, 0.15) is 0 Å². The Morgan fingerprint density at radius 2 is 1.78 bits per heavy atom. The molecule has 106 valence electrons. The van der Waals surface area contributed by atoms with Crippen molar-refractivity contribution in [3.8, 4) is 0 Å². The van der Waals surface area contributed by atoms with E-state index in [-0.39, 0.29) is 0 Å². The van der Waals surface area contributed by atoms with Crippen molar-refractivity contribution < 1.29 is 4.21 Å². The first-order valence-electron chi connectivity index (χ1n) is 7.79. The zero-order valence-corrected chi connectivity index (χ0v) is 12.8. The predicted octanol–water partition coefficient (Wildman–Crippen LogP) is 3.23. The molecule has 0 aliphatic heterocycles. The second-order valence-electron chi connectivity index (χ2n) is 6.29. The number of rotatable bonds is 3. The summed E-state index contributed by atoms with van der Waals surface area (Å²) >= 11 is 0. The van der Waals surface area contributed by atoms with Gasteiger partial charge in [0.05, 0.1) is 5.25 Å². The Morgan fingerprint density at radius 1 is 1.00 bits per heavy atom. The van der Waals surface area contributed by atoms with Gasteiger partial charge < -0.3 is 5.32 Å². The van der Waals surface area contributed by atoms with Crippen molar-refractivity contribution in [2.24, 2.45) is 5.92 Å². The van der Waals surface area contributed by atoms with Crippen LogP contribution in [0.3, 0.4) is 0 Å². The van der Waals surface area contributed by atoms with E-state index >= 15 is 0 Å². The molecule has 0 spiro atoms. The average molecular weight is 271 g/mol. The molecule has 2 saturated carbocycles. The fourth-order valence-corrected chi connectivity index (χ4v) is 6.13. The van der Waals surface area contributed by atoms with Gasteiger partial charge >= 0.3 is 0 Å². The van der Waals surface area contributed by atoms with Crippen LogP contribution in [0.15, 0.2) is 0 Å². The Hall–Kier alpha value is 0.110. The molecule has 0 heterocycles. The van der Waals surface area contributed by atoms with E-state index in [9.17, 15) is 4.21 Å². The van der Waals surface area contributed by atoms with Crippen LogP contribution in [-0.2, 0) is 10.8 Å². The summed E-state index contributed by atoms with van der Waals surface area (Å²) in [6.07, 6.45) is 11.3. The molecule has 0 aromatic rings. The summed E-state index contributed by atoms with van der Waals surface area (Å²) < 4.78 is 12.9. The lowest BCUT2D eigenvalue weighted by Gasteiger charge is -2.32. The van der Waals surface area contributed by atoms with Gasteiger partial charge in [-0.3, -0.25) is 4.21 Å². The molecule has 2 nitrogen and oxygen atoms in total. The second kappa shape index (κ2) is 7.04. The quantitative estimate of drug-likeness (QED) is 0.799. The summed E-state index contributed by atoms with van der Waals surface area (Å²) in [7, 11) is 1.43. The van der Waals surface area contributed by atoms with E-state index in [2.05, 4.69) is 12.2 Å². The maximum atomic E-state index is 12.9.